The van der Waals surface area contributed by atoms with Crippen LogP contribution in [0.5, 0.6) is 5.75 Å². The lowest BCUT2D eigenvalue weighted by atomic mass is 9.93. The Kier molecular flexibility index (Phi) is 6.68. The van der Waals surface area contributed by atoms with Crippen molar-refractivity contribution >= 4 is 5.91 Å². The molecule has 10 heteroatoms. The molecule has 200 valence electrons. The Morgan fingerprint density at radius 3 is 2.08 bits per heavy atom. The van der Waals surface area contributed by atoms with Crippen molar-refractivity contribution in [1.29, 1.82) is 0 Å². The summed E-state index contributed by atoms with van der Waals surface area (Å²) >= 11 is 0. The van der Waals surface area contributed by atoms with E-state index < -0.39 is 47.7 Å². The average molecular weight is 527 g/mol. The van der Waals surface area contributed by atoms with Gasteiger partial charge in [-0.1, -0.05) is 48.5 Å². The summed E-state index contributed by atoms with van der Waals surface area (Å²) in [7, 11) is 3.63. The number of carbonyl (C=O) groups is 1. The zero-order chi connectivity index (χ0) is 27.2. The van der Waals surface area contributed by atoms with Crippen LogP contribution in [0.3, 0.4) is 0 Å². The maximum atomic E-state index is 13.9. The first kappa shape index (κ1) is 25.8. The van der Waals surface area contributed by atoms with E-state index >= 15 is 0 Å². The first-order valence-corrected chi connectivity index (χ1v) is 12.5. The van der Waals surface area contributed by atoms with E-state index in [2.05, 4.69) is 0 Å². The predicted molar refractivity (Wildman–Crippen MR) is 137 cm³/mol. The second kappa shape index (κ2) is 9.83. The monoisotopic (exact) mass is 526 g/mol. The summed E-state index contributed by atoms with van der Waals surface area (Å²) in [4.78, 5) is 28.5. The molecule has 2 heterocycles. The van der Waals surface area contributed by atoms with E-state index in [0.29, 0.717) is 6.54 Å². The van der Waals surface area contributed by atoms with Crippen LogP contribution >= 0.6 is 0 Å². The Morgan fingerprint density at radius 2 is 1.53 bits per heavy atom. The number of aryl methyl sites for hydroxylation is 2. The maximum absolute atomic E-state index is 13.9. The minimum Gasteiger partial charge on any atom is -0.502 e. The molecule has 1 amide bonds. The standard InChI is InChI=1S/C28H29F3N4O3/c1-32(2)15-14-23-33(17-28(29,30)31)27(38)25-26(37)22(36)13-16-34(25)35(23)24-20-9-5-3-7-18(20)11-12-19-8-4-6-10-21(19)24/h3-10,13,16,23-24,37H,11-12,14-15,17H2,1-2H3. The molecule has 38 heavy (non-hydrogen) atoms. The third-order valence-corrected chi connectivity index (χ3v) is 7.24. The number of amides is 1. The highest BCUT2D eigenvalue weighted by molar-refractivity contribution is 5.96. The normalized spacial score (nSPS) is 17.7. The number of halogens is 3. The summed E-state index contributed by atoms with van der Waals surface area (Å²) in [6.07, 6.45) is -2.66. The van der Waals surface area contributed by atoms with Crippen molar-refractivity contribution in [3.63, 3.8) is 0 Å². The quantitative estimate of drug-likeness (QED) is 0.550. The zero-order valence-corrected chi connectivity index (χ0v) is 21.2. The number of aromatic nitrogens is 1. The number of aromatic hydroxyl groups is 1. The molecule has 3 aromatic rings. The Bertz CT molecular complexity index is 1370. The Hall–Kier alpha value is -3.79. The Labute approximate surface area is 218 Å². The summed E-state index contributed by atoms with van der Waals surface area (Å²) in [6, 6.07) is 16.1. The molecule has 0 radical (unpaired) electrons. The van der Waals surface area contributed by atoms with E-state index in [1.165, 1.54) is 10.9 Å². The number of alkyl halides is 3. The molecule has 0 fully saturated rings. The summed E-state index contributed by atoms with van der Waals surface area (Å²) in [6.45, 7) is -1.11. The van der Waals surface area contributed by atoms with Crippen LogP contribution in [0.4, 0.5) is 13.2 Å². The average Bonchev–Trinajstić information content (AvgIpc) is 3.03. The summed E-state index contributed by atoms with van der Waals surface area (Å²) in [5.74, 6) is -1.90. The summed E-state index contributed by atoms with van der Waals surface area (Å²) in [5, 5.41) is 12.4. The van der Waals surface area contributed by atoms with E-state index in [0.717, 1.165) is 46.1 Å². The van der Waals surface area contributed by atoms with Gasteiger partial charge in [0.2, 0.25) is 5.43 Å². The molecular weight excluding hydrogens is 497 g/mol. The van der Waals surface area contributed by atoms with Crippen LogP contribution in [0.15, 0.2) is 65.6 Å². The van der Waals surface area contributed by atoms with Gasteiger partial charge < -0.3 is 14.9 Å². The molecule has 0 bridgehead atoms. The second-order valence-corrected chi connectivity index (χ2v) is 10.0. The molecule has 2 aliphatic rings. The van der Waals surface area contributed by atoms with E-state index in [1.54, 1.807) is 5.01 Å². The third kappa shape index (κ3) is 4.64. The fraction of sp³-hybridized carbons (Fsp3) is 0.357. The highest BCUT2D eigenvalue weighted by Gasteiger charge is 2.47. The lowest BCUT2D eigenvalue weighted by molar-refractivity contribution is -0.147. The molecular formula is C28H29F3N4O3. The minimum absolute atomic E-state index is 0.196. The van der Waals surface area contributed by atoms with Gasteiger partial charge >= 0.3 is 6.18 Å². The van der Waals surface area contributed by atoms with Gasteiger partial charge in [0.05, 0.1) is 6.04 Å². The van der Waals surface area contributed by atoms with Gasteiger partial charge in [0.25, 0.3) is 5.91 Å². The van der Waals surface area contributed by atoms with Crippen molar-refractivity contribution in [2.75, 3.05) is 32.2 Å². The predicted octanol–water partition coefficient (Wildman–Crippen LogP) is 3.68. The van der Waals surface area contributed by atoms with Crippen LogP contribution in [0.25, 0.3) is 0 Å². The summed E-state index contributed by atoms with van der Waals surface area (Å²) < 4.78 is 43.1. The first-order chi connectivity index (χ1) is 18.1. The van der Waals surface area contributed by atoms with Crippen molar-refractivity contribution in [3.05, 3.63) is 99.0 Å². The molecule has 1 aromatic heterocycles. The lowest BCUT2D eigenvalue weighted by Gasteiger charge is -2.50. The molecule has 1 aliphatic heterocycles. The van der Waals surface area contributed by atoms with Gasteiger partial charge in [0.15, 0.2) is 11.4 Å². The van der Waals surface area contributed by atoms with Gasteiger partial charge in [-0.25, -0.2) is 0 Å². The molecule has 7 nitrogen and oxygen atoms in total. The van der Waals surface area contributed by atoms with Crippen molar-refractivity contribution in [3.8, 4) is 5.75 Å². The van der Waals surface area contributed by atoms with Crippen LogP contribution in [0.2, 0.25) is 0 Å². The van der Waals surface area contributed by atoms with Crippen LogP contribution in [0, 0.1) is 0 Å². The third-order valence-electron chi connectivity index (χ3n) is 7.24. The number of hydrogen-bond donors (Lipinski definition) is 1. The number of benzene rings is 2. The van der Waals surface area contributed by atoms with Crippen LogP contribution < -0.4 is 10.4 Å². The molecule has 1 atom stereocenters. The molecule has 0 saturated carbocycles. The van der Waals surface area contributed by atoms with Gasteiger partial charge in [-0.05, 0) is 49.2 Å². The lowest BCUT2D eigenvalue weighted by Crippen LogP contribution is -2.64. The highest BCUT2D eigenvalue weighted by Crippen LogP contribution is 2.41. The van der Waals surface area contributed by atoms with Gasteiger partial charge in [-0.15, -0.1) is 0 Å². The highest BCUT2D eigenvalue weighted by atomic mass is 19.4. The van der Waals surface area contributed by atoms with Crippen molar-refractivity contribution < 1.29 is 23.1 Å². The minimum atomic E-state index is -4.69. The Balaban J connectivity index is 1.82. The van der Waals surface area contributed by atoms with Crippen molar-refractivity contribution in [2.45, 2.75) is 37.6 Å². The Morgan fingerprint density at radius 1 is 0.947 bits per heavy atom. The number of fused-ring (bicyclic) bond motifs is 3. The van der Waals surface area contributed by atoms with Crippen LogP contribution in [-0.4, -0.2) is 65.0 Å². The molecule has 1 unspecified atom stereocenters. The first-order valence-electron chi connectivity index (χ1n) is 12.5. The summed E-state index contributed by atoms with van der Waals surface area (Å²) in [5.41, 5.74) is 2.60. The molecule has 1 N–H and O–H groups in total. The fourth-order valence-corrected chi connectivity index (χ4v) is 5.57. The maximum Gasteiger partial charge on any atom is 0.406 e. The molecule has 5 rings (SSSR count). The topological polar surface area (TPSA) is 69.0 Å². The van der Waals surface area contributed by atoms with Gasteiger partial charge in [-0.3, -0.25) is 19.3 Å². The van der Waals surface area contributed by atoms with Gasteiger partial charge in [0, 0.05) is 25.2 Å². The molecule has 0 saturated heterocycles. The van der Waals surface area contributed by atoms with E-state index in [4.69, 9.17) is 0 Å². The smallest absolute Gasteiger partial charge is 0.406 e. The number of hydrogen-bond acceptors (Lipinski definition) is 5. The van der Waals surface area contributed by atoms with Crippen molar-refractivity contribution in [2.24, 2.45) is 0 Å². The van der Waals surface area contributed by atoms with Gasteiger partial charge in [0.1, 0.15) is 12.7 Å². The van der Waals surface area contributed by atoms with E-state index in [9.17, 15) is 27.9 Å². The second-order valence-electron chi connectivity index (χ2n) is 10.0. The molecule has 0 spiro atoms. The fourth-order valence-electron chi connectivity index (χ4n) is 5.57. The largest absolute Gasteiger partial charge is 0.502 e. The molecule has 2 aromatic carbocycles. The van der Waals surface area contributed by atoms with Gasteiger partial charge in [-0.2, -0.15) is 13.2 Å². The van der Waals surface area contributed by atoms with Crippen LogP contribution in [-0.2, 0) is 12.8 Å². The van der Waals surface area contributed by atoms with E-state index in [1.807, 2.05) is 67.5 Å². The van der Waals surface area contributed by atoms with Crippen LogP contribution in [0.1, 0.15) is 45.2 Å². The number of pyridine rings is 1. The zero-order valence-electron chi connectivity index (χ0n) is 21.2. The van der Waals surface area contributed by atoms with Crippen molar-refractivity contribution in [1.82, 2.24) is 14.5 Å². The SMILES string of the molecule is CN(C)CCC1N(CC(F)(F)F)C(=O)c2c(O)c(=O)ccn2N1C1c2ccccc2CCc2ccccc21. The van der Waals surface area contributed by atoms with E-state index in [-0.39, 0.29) is 6.42 Å². The number of rotatable bonds is 5. The number of nitrogens with zero attached hydrogens (tertiary/aromatic N) is 4. The molecule has 1 aliphatic carbocycles. The number of carbonyl (C=O) groups excluding carboxylic acids is 1.